The Balaban J connectivity index is 5.76. The van der Waals surface area contributed by atoms with Gasteiger partial charge < -0.3 is 53.6 Å². The van der Waals surface area contributed by atoms with Crippen LogP contribution in [0.15, 0.2) is 0 Å². The summed E-state index contributed by atoms with van der Waals surface area (Å²) in [6, 6.07) is -8.04. The first-order valence-electron chi connectivity index (χ1n) is 17.0. The lowest BCUT2D eigenvalue weighted by Gasteiger charge is -2.31. The molecular weight excluding hydrogens is 640 g/mol. The lowest BCUT2D eigenvalue weighted by Crippen LogP contribution is -2.62. The van der Waals surface area contributed by atoms with Gasteiger partial charge in [-0.15, -0.1) is 0 Å². The Morgan fingerprint density at radius 1 is 0.592 bits per heavy atom. The number of rotatable bonds is 23. The van der Waals surface area contributed by atoms with E-state index in [2.05, 4.69) is 31.9 Å². The first-order chi connectivity index (χ1) is 22.9. The number of amides is 6. The highest BCUT2D eigenvalue weighted by molar-refractivity contribution is 5.97. The van der Waals surface area contributed by atoms with Crippen molar-refractivity contribution in [1.82, 2.24) is 31.9 Å². The van der Waals surface area contributed by atoms with Crippen LogP contribution in [0.3, 0.4) is 0 Å². The monoisotopic (exact) mass is 700 g/mol. The van der Waals surface area contributed by atoms with Gasteiger partial charge in [0.1, 0.15) is 36.3 Å². The van der Waals surface area contributed by atoms with Gasteiger partial charge in [0.2, 0.25) is 35.4 Å². The van der Waals surface area contributed by atoms with E-state index in [4.69, 9.17) is 11.5 Å². The molecule has 0 fully saturated rings. The van der Waals surface area contributed by atoms with E-state index in [9.17, 15) is 43.8 Å². The second kappa shape index (κ2) is 22.7. The molecule has 0 unspecified atom stereocenters. The van der Waals surface area contributed by atoms with Gasteiger partial charge >= 0.3 is 5.97 Å². The number of carboxylic acid groups (broad SMARTS) is 1. The minimum absolute atomic E-state index is 0.372. The average Bonchev–Trinajstić information content (AvgIpc) is 3.05. The molecule has 0 aromatic carbocycles. The van der Waals surface area contributed by atoms with Crippen LogP contribution < -0.4 is 43.4 Å². The Labute approximate surface area is 289 Å². The number of carbonyl (C=O) groups excluding carboxylic acids is 6. The maximum absolute atomic E-state index is 13.6. The Morgan fingerprint density at radius 2 is 1.04 bits per heavy atom. The predicted octanol–water partition coefficient (Wildman–Crippen LogP) is -1.78. The van der Waals surface area contributed by atoms with E-state index in [-0.39, 0.29) is 5.92 Å². The van der Waals surface area contributed by atoms with Crippen molar-refractivity contribution in [2.24, 2.45) is 29.2 Å². The van der Waals surface area contributed by atoms with Crippen LogP contribution in [0.5, 0.6) is 0 Å². The topological polar surface area (TPSA) is 284 Å². The van der Waals surface area contributed by atoms with Crippen LogP contribution in [0.1, 0.15) is 87.5 Å². The molecule has 6 amide bonds. The lowest BCUT2D eigenvalue weighted by atomic mass is 9.94. The molecule has 9 atom stereocenters. The molecule has 0 aromatic rings. The minimum Gasteiger partial charge on any atom is -0.480 e. The number of aliphatic carboxylic acids is 1. The summed E-state index contributed by atoms with van der Waals surface area (Å²) in [5.74, 6) is -6.83. The van der Waals surface area contributed by atoms with Crippen molar-refractivity contribution in [2.75, 3.05) is 13.2 Å². The molecule has 17 nitrogen and oxygen atoms in total. The molecule has 17 heteroatoms. The standard InChI is InChI=1S/C32H60N8O9/c1-9-17(5)24(30(46)36-20(8)32(48)49)40-29(45)23(16(3)4)38-31(47)25(18(6)10-2)39-28(44)22(15-41)37-26(42)19(7)35-27(43)21(34)13-11-12-14-33/h16-25,41H,9-15,33-34H2,1-8H3,(H,35,43)(H,36,46)(H,37,42)(H,38,47)(H,39,44)(H,40,45)(H,48,49)/t17-,18-,19-,20-,21-,22-,23-,24-,25-/m0/s1. The molecule has 282 valence electrons. The van der Waals surface area contributed by atoms with Crippen molar-refractivity contribution in [1.29, 1.82) is 0 Å². The van der Waals surface area contributed by atoms with Crippen LogP contribution in [0.2, 0.25) is 0 Å². The highest BCUT2D eigenvalue weighted by atomic mass is 16.4. The lowest BCUT2D eigenvalue weighted by molar-refractivity contribution is -0.142. The van der Waals surface area contributed by atoms with E-state index in [1.54, 1.807) is 41.5 Å². The molecule has 0 aliphatic rings. The van der Waals surface area contributed by atoms with Gasteiger partial charge in [-0.2, -0.15) is 0 Å². The Kier molecular flexibility index (Phi) is 21.0. The summed E-state index contributed by atoms with van der Waals surface area (Å²) in [6.45, 7) is 12.7. The molecule has 0 aromatic heterocycles. The van der Waals surface area contributed by atoms with Crippen LogP contribution in [0, 0.1) is 17.8 Å². The Morgan fingerprint density at radius 3 is 1.49 bits per heavy atom. The fourth-order valence-electron chi connectivity index (χ4n) is 4.56. The summed E-state index contributed by atoms with van der Waals surface area (Å²) in [5.41, 5.74) is 11.3. The van der Waals surface area contributed by atoms with E-state index in [0.29, 0.717) is 38.6 Å². The third-order valence-electron chi connectivity index (χ3n) is 8.44. The van der Waals surface area contributed by atoms with Crippen molar-refractivity contribution >= 4 is 41.4 Å². The molecule has 0 aliphatic heterocycles. The first kappa shape index (κ1) is 45.2. The molecule has 0 radical (unpaired) electrons. The highest BCUT2D eigenvalue weighted by Gasteiger charge is 2.36. The van der Waals surface area contributed by atoms with E-state index < -0.39 is 102 Å². The Bertz CT molecular complexity index is 1120. The highest BCUT2D eigenvalue weighted by Crippen LogP contribution is 2.13. The average molecular weight is 701 g/mol. The van der Waals surface area contributed by atoms with Crippen LogP contribution in [0.4, 0.5) is 0 Å². The number of hydrogen-bond donors (Lipinski definition) is 10. The summed E-state index contributed by atoms with van der Waals surface area (Å²) in [7, 11) is 0. The molecule has 0 rings (SSSR count). The van der Waals surface area contributed by atoms with Crippen molar-refractivity contribution < 1.29 is 43.8 Å². The van der Waals surface area contributed by atoms with Gasteiger partial charge in [-0.25, -0.2) is 0 Å². The van der Waals surface area contributed by atoms with Gasteiger partial charge in [0, 0.05) is 0 Å². The van der Waals surface area contributed by atoms with E-state index >= 15 is 0 Å². The quantitative estimate of drug-likeness (QED) is 0.0532. The van der Waals surface area contributed by atoms with Gasteiger partial charge in [0.25, 0.3) is 0 Å². The van der Waals surface area contributed by atoms with Gasteiger partial charge in [0.05, 0.1) is 12.6 Å². The molecule has 0 saturated heterocycles. The predicted molar refractivity (Wildman–Crippen MR) is 182 cm³/mol. The summed E-state index contributed by atoms with van der Waals surface area (Å²) < 4.78 is 0. The van der Waals surface area contributed by atoms with E-state index in [0.717, 1.165) is 0 Å². The number of hydrogen-bond acceptors (Lipinski definition) is 10. The summed E-state index contributed by atoms with van der Waals surface area (Å²) in [6.07, 6.45) is 2.61. The minimum atomic E-state index is -1.48. The fourth-order valence-corrected chi connectivity index (χ4v) is 4.56. The smallest absolute Gasteiger partial charge is 0.325 e. The maximum atomic E-state index is 13.6. The third kappa shape index (κ3) is 15.5. The second-order valence-electron chi connectivity index (χ2n) is 12.9. The molecule has 0 heterocycles. The zero-order valence-electron chi connectivity index (χ0n) is 30.1. The van der Waals surface area contributed by atoms with E-state index in [1.807, 2.05) is 0 Å². The zero-order valence-corrected chi connectivity index (χ0v) is 30.1. The summed E-state index contributed by atoms with van der Waals surface area (Å²) >= 11 is 0. The number of nitrogens with two attached hydrogens (primary N) is 2. The molecule has 49 heavy (non-hydrogen) atoms. The summed E-state index contributed by atoms with van der Waals surface area (Å²) in [5, 5.41) is 34.2. The molecule has 0 bridgehead atoms. The molecule has 0 saturated carbocycles. The first-order valence-corrected chi connectivity index (χ1v) is 17.0. The molecule has 12 N–H and O–H groups in total. The number of unbranched alkanes of at least 4 members (excludes halogenated alkanes) is 1. The van der Waals surface area contributed by atoms with Gasteiger partial charge in [0.15, 0.2) is 0 Å². The van der Waals surface area contributed by atoms with E-state index in [1.165, 1.54) is 13.8 Å². The SMILES string of the molecule is CC[C@H](C)[C@H](NC(=O)[C@H](CO)NC(=O)[C@H](C)NC(=O)[C@@H](N)CCCCN)C(=O)N[C@H](C(=O)N[C@H](C(=O)N[C@@H](C)C(=O)O)[C@@H](C)CC)C(C)C. The number of aliphatic hydroxyl groups excluding tert-OH is 1. The van der Waals surface area contributed by atoms with Crippen molar-refractivity contribution in [3.05, 3.63) is 0 Å². The van der Waals surface area contributed by atoms with Crippen molar-refractivity contribution in [3.8, 4) is 0 Å². The number of aliphatic hydroxyl groups is 1. The Hall–Kier alpha value is -3.83. The van der Waals surface area contributed by atoms with Crippen molar-refractivity contribution in [2.45, 2.75) is 130 Å². The largest absolute Gasteiger partial charge is 0.480 e. The van der Waals surface area contributed by atoms with Gasteiger partial charge in [-0.05, 0) is 51.0 Å². The van der Waals surface area contributed by atoms with Crippen molar-refractivity contribution in [3.63, 3.8) is 0 Å². The number of nitrogens with one attached hydrogen (secondary N) is 6. The molecule has 0 spiro atoms. The van der Waals surface area contributed by atoms with Crippen LogP contribution in [-0.2, 0) is 33.6 Å². The summed E-state index contributed by atoms with van der Waals surface area (Å²) in [4.78, 5) is 89.6. The van der Waals surface area contributed by atoms with Gasteiger partial charge in [-0.3, -0.25) is 33.6 Å². The normalized spacial score (nSPS) is 16.7. The van der Waals surface area contributed by atoms with Crippen LogP contribution in [-0.4, -0.2) is 107 Å². The van der Waals surface area contributed by atoms with Crippen LogP contribution in [0.25, 0.3) is 0 Å². The van der Waals surface area contributed by atoms with Crippen LogP contribution >= 0.6 is 0 Å². The fraction of sp³-hybridized carbons (Fsp3) is 0.781. The number of carboxylic acids is 1. The molecule has 0 aliphatic carbocycles. The zero-order chi connectivity index (χ0) is 38.0. The second-order valence-corrected chi connectivity index (χ2v) is 12.9. The third-order valence-corrected chi connectivity index (χ3v) is 8.44. The maximum Gasteiger partial charge on any atom is 0.325 e. The van der Waals surface area contributed by atoms with Gasteiger partial charge in [-0.1, -0.05) is 60.8 Å². The molecular formula is C32H60N8O9. The number of carbonyl (C=O) groups is 7.